The minimum Gasteiger partial charge on any atom is -0.490 e. The molecule has 3 atom stereocenters. The molecule has 1 aromatic carbocycles. The van der Waals surface area contributed by atoms with Crippen LogP contribution < -0.4 is 14.8 Å². The zero-order chi connectivity index (χ0) is 15.9. The molecule has 1 aromatic rings. The molecular weight excluding hydrogens is 278 g/mol. The largest absolute Gasteiger partial charge is 0.490 e. The smallest absolute Gasteiger partial charge is 0.161 e. The van der Waals surface area contributed by atoms with Crippen LogP contribution in [0.4, 0.5) is 0 Å². The lowest BCUT2D eigenvalue weighted by Gasteiger charge is -2.31. The average Bonchev–Trinajstić information content (AvgIpc) is 2.51. The highest BCUT2D eigenvalue weighted by Gasteiger charge is 2.24. The predicted molar refractivity (Wildman–Crippen MR) is 88.6 cm³/mol. The van der Waals surface area contributed by atoms with Gasteiger partial charge in [0, 0.05) is 12.1 Å². The molecule has 1 fully saturated rings. The summed E-state index contributed by atoms with van der Waals surface area (Å²) in [4.78, 5) is 0. The van der Waals surface area contributed by atoms with Crippen molar-refractivity contribution < 1.29 is 14.6 Å². The Kier molecular flexibility index (Phi) is 6.52. The van der Waals surface area contributed by atoms with E-state index < -0.39 is 0 Å². The van der Waals surface area contributed by atoms with Crippen LogP contribution in [0, 0.1) is 0 Å². The molecule has 124 valence electrons. The number of ether oxygens (including phenoxy) is 2. The van der Waals surface area contributed by atoms with E-state index in [9.17, 15) is 5.11 Å². The molecule has 22 heavy (non-hydrogen) atoms. The van der Waals surface area contributed by atoms with Crippen molar-refractivity contribution in [2.45, 2.75) is 64.6 Å². The third-order valence-electron chi connectivity index (χ3n) is 4.26. The lowest BCUT2D eigenvalue weighted by molar-refractivity contribution is 0.0859. The molecule has 0 aromatic heterocycles. The van der Waals surface area contributed by atoms with Crippen molar-refractivity contribution in [3.05, 3.63) is 23.8 Å². The fourth-order valence-corrected chi connectivity index (χ4v) is 3.06. The Labute approximate surface area is 133 Å². The monoisotopic (exact) mass is 307 g/mol. The highest BCUT2D eigenvalue weighted by Crippen LogP contribution is 2.31. The number of nitrogens with one attached hydrogen (secondary N) is 1. The van der Waals surface area contributed by atoms with Gasteiger partial charge in [0.15, 0.2) is 11.5 Å². The van der Waals surface area contributed by atoms with E-state index in [1.54, 1.807) is 0 Å². The van der Waals surface area contributed by atoms with Crippen LogP contribution in [-0.2, 0) is 0 Å². The molecule has 0 spiro atoms. The van der Waals surface area contributed by atoms with E-state index in [2.05, 4.69) is 18.3 Å². The van der Waals surface area contributed by atoms with Gasteiger partial charge in [-0.1, -0.05) is 18.9 Å². The van der Waals surface area contributed by atoms with Crippen LogP contribution in [0.2, 0.25) is 0 Å². The van der Waals surface area contributed by atoms with Crippen molar-refractivity contribution in [3.8, 4) is 11.5 Å². The molecule has 0 radical (unpaired) electrons. The standard InChI is InChI=1S/C18H29NO3/c1-4-21-17-11-10-14(12-18(17)22-5-2)13(3)19-15-8-6-7-9-16(15)20/h10-13,15-16,19-20H,4-9H2,1-3H3. The van der Waals surface area contributed by atoms with E-state index in [-0.39, 0.29) is 18.2 Å². The summed E-state index contributed by atoms with van der Waals surface area (Å²) < 4.78 is 11.3. The highest BCUT2D eigenvalue weighted by molar-refractivity contribution is 5.43. The average molecular weight is 307 g/mol. The fraction of sp³-hybridized carbons (Fsp3) is 0.667. The second kappa shape index (κ2) is 8.39. The number of aliphatic hydroxyl groups excluding tert-OH is 1. The molecule has 1 aliphatic rings. The first-order chi connectivity index (χ1) is 10.7. The van der Waals surface area contributed by atoms with E-state index in [0.29, 0.717) is 13.2 Å². The maximum atomic E-state index is 10.1. The van der Waals surface area contributed by atoms with Crippen molar-refractivity contribution >= 4 is 0 Å². The molecule has 2 rings (SSSR count). The van der Waals surface area contributed by atoms with Gasteiger partial charge >= 0.3 is 0 Å². The number of hydrogen-bond donors (Lipinski definition) is 2. The van der Waals surface area contributed by atoms with E-state index in [1.807, 2.05) is 26.0 Å². The third-order valence-corrected chi connectivity index (χ3v) is 4.26. The molecule has 0 bridgehead atoms. The lowest BCUT2D eigenvalue weighted by atomic mass is 9.91. The lowest BCUT2D eigenvalue weighted by Crippen LogP contribution is -2.43. The number of benzene rings is 1. The summed E-state index contributed by atoms with van der Waals surface area (Å²) in [6.45, 7) is 7.32. The van der Waals surface area contributed by atoms with Gasteiger partial charge in [-0.05, 0) is 51.3 Å². The van der Waals surface area contributed by atoms with Crippen LogP contribution in [0.25, 0.3) is 0 Å². The fourth-order valence-electron chi connectivity index (χ4n) is 3.06. The van der Waals surface area contributed by atoms with E-state index in [4.69, 9.17) is 9.47 Å². The van der Waals surface area contributed by atoms with Crippen molar-refractivity contribution in [1.82, 2.24) is 5.32 Å². The Morgan fingerprint density at radius 1 is 1.14 bits per heavy atom. The first-order valence-electron chi connectivity index (χ1n) is 8.49. The highest BCUT2D eigenvalue weighted by atomic mass is 16.5. The van der Waals surface area contributed by atoms with E-state index in [1.165, 1.54) is 6.42 Å². The summed E-state index contributed by atoms with van der Waals surface area (Å²) in [5.74, 6) is 1.58. The summed E-state index contributed by atoms with van der Waals surface area (Å²) in [6.07, 6.45) is 4.03. The van der Waals surface area contributed by atoms with Crippen LogP contribution >= 0.6 is 0 Å². The molecule has 0 aliphatic heterocycles. The van der Waals surface area contributed by atoms with Gasteiger partial charge in [-0.2, -0.15) is 0 Å². The second-order valence-corrected chi connectivity index (χ2v) is 5.92. The minimum atomic E-state index is -0.231. The summed E-state index contributed by atoms with van der Waals surface area (Å²) in [5, 5.41) is 13.7. The molecule has 0 heterocycles. The van der Waals surface area contributed by atoms with Crippen LogP contribution in [0.3, 0.4) is 0 Å². The molecular formula is C18H29NO3. The first kappa shape index (κ1) is 17.1. The zero-order valence-electron chi connectivity index (χ0n) is 14.0. The Morgan fingerprint density at radius 3 is 2.50 bits per heavy atom. The van der Waals surface area contributed by atoms with Gasteiger partial charge in [-0.15, -0.1) is 0 Å². The zero-order valence-corrected chi connectivity index (χ0v) is 14.0. The summed E-state index contributed by atoms with van der Waals surface area (Å²) in [5.41, 5.74) is 1.16. The van der Waals surface area contributed by atoms with Gasteiger partial charge in [0.1, 0.15) is 0 Å². The molecule has 4 heteroatoms. The van der Waals surface area contributed by atoms with Gasteiger partial charge < -0.3 is 19.9 Å². The van der Waals surface area contributed by atoms with Crippen LogP contribution in [0.5, 0.6) is 11.5 Å². The Balaban J connectivity index is 2.08. The summed E-state index contributed by atoms with van der Waals surface area (Å²) in [7, 11) is 0. The topological polar surface area (TPSA) is 50.7 Å². The number of hydrogen-bond acceptors (Lipinski definition) is 4. The number of rotatable bonds is 7. The molecule has 2 N–H and O–H groups in total. The summed E-state index contributed by atoms with van der Waals surface area (Å²) >= 11 is 0. The molecule has 0 amide bonds. The van der Waals surface area contributed by atoms with Crippen LogP contribution in [-0.4, -0.2) is 30.5 Å². The van der Waals surface area contributed by atoms with Gasteiger partial charge in [0.05, 0.1) is 19.3 Å². The van der Waals surface area contributed by atoms with Crippen molar-refractivity contribution in [3.63, 3.8) is 0 Å². The maximum Gasteiger partial charge on any atom is 0.161 e. The summed E-state index contributed by atoms with van der Waals surface area (Å²) in [6, 6.07) is 6.44. The van der Waals surface area contributed by atoms with Crippen LogP contribution in [0.1, 0.15) is 58.1 Å². The van der Waals surface area contributed by atoms with E-state index >= 15 is 0 Å². The third kappa shape index (κ3) is 4.37. The van der Waals surface area contributed by atoms with Crippen molar-refractivity contribution in [1.29, 1.82) is 0 Å². The first-order valence-corrected chi connectivity index (χ1v) is 8.49. The Morgan fingerprint density at radius 2 is 1.82 bits per heavy atom. The normalized spacial score (nSPS) is 23.1. The van der Waals surface area contributed by atoms with Gasteiger partial charge in [0.2, 0.25) is 0 Å². The Bertz CT molecular complexity index is 464. The number of aliphatic hydroxyl groups is 1. The van der Waals surface area contributed by atoms with Crippen LogP contribution in [0.15, 0.2) is 18.2 Å². The van der Waals surface area contributed by atoms with E-state index in [0.717, 1.165) is 36.3 Å². The molecule has 4 nitrogen and oxygen atoms in total. The van der Waals surface area contributed by atoms with Gasteiger partial charge in [-0.3, -0.25) is 0 Å². The quantitative estimate of drug-likeness (QED) is 0.810. The Hall–Kier alpha value is -1.26. The second-order valence-electron chi connectivity index (χ2n) is 5.92. The molecule has 0 saturated heterocycles. The molecule has 1 aliphatic carbocycles. The van der Waals surface area contributed by atoms with Gasteiger partial charge in [0.25, 0.3) is 0 Å². The minimum absolute atomic E-state index is 0.174. The van der Waals surface area contributed by atoms with Crippen molar-refractivity contribution in [2.75, 3.05) is 13.2 Å². The van der Waals surface area contributed by atoms with Crippen molar-refractivity contribution in [2.24, 2.45) is 0 Å². The molecule has 3 unspecified atom stereocenters. The predicted octanol–water partition coefficient (Wildman–Crippen LogP) is 3.44. The molecule has 1 saturated carbocycles. The van der Waals surface area contributed by atoms with Gasteiger partial charge in [-0.25, -0.2) is 0 Å². The maximum absolute atomic E-state index is 10.1. The SMILES string of the molecule is CCOc1ccc(C(C)NC2CCCCC2O)cc1OCC.